The number of fused-ring (bicyclic) bond motifs is 1. The minimum atomic E-state index is -3.85. The lowest BCUT2D eigenvalue weighted by Gasteiger charge is -2.34. The number of halogens is 1. The van der Waals surface area contributed by atoms with Gasteiger partial charge in [0.1, 0.15) is 5.82 Å². The topological polar surface area (TPSA) is 63.4 Å². The van der Waals surface area contributed by atoms with E-state index in [1.54, 1.807) is 19.1 Å². The van der Waals surface area contributed by atoms with E-state index in [1.165, 1.54) is 16.4 Å². The molecule has 0 radical (unpaired) electrons. The normalized spacial score (nSPS) is 18.1. The third-order valence-corrected chi connectivity index (χ3v) is 5.78. The van der Waals surface area contributed by atoms with Crippen molar-refractivity contribution in [2.75, 3.05) is 10.8 Å². The molecule has 1 aliphatic heterocycles. The monoisotopic (exact) mass is 320 g/mol. The highest BCUT2D eigenvalue weighted by molar-refractivity contribution is 7.92. The molecule has 6 heteroatoms. The van der Waals surface area contributed by atoms with Gasteiger partial charge in [-0.2, -0.15) is 0 Å². The van der Waals surface area contributed by atoms with Gasteiger partial charge in [0.05, 0.1) is 10.6 Å². The second kappa shape index (κ2) is 5.37. The standard InChI is InChI=1S/C16H17FN2O2S/c1-11-6-7-13(17)9-16(11)22(20,21)19-10-14(18)8-12-4-2-3-5-15(12)19/h2-7,9,14H,8,10,18H2,1H3. The lowest BCUT2D eigenvalue weighted by Crippen LogP contribution is -2.46. The molecule has 0 spiro atoms. The molecule has 0 bridgehead atoms. The zero-order valence-electron chi connectivity index (χ0n) is 12.2. The predicted octanol–water partition coefficient (Wildman–Crippen LogP) is 2.21. The molecular weight excluding hydrogens is 303 g/mol. The second-order valence-corrected chi connectivity index (χ2v) is 7.37. The summed E-state index contributed by atoms with van der Waals surface area (Å²) in [7, 11) is -3.85. The third kappa shape index (κ3) is 2.48. The summed E-state index contributed by atoms with van der Waals surface area (Å²) in [5.41, 5.74) is 8.02. The fraction of sp³-hybridized carbons (Fsp3) is 0.250. The van der Waals surface area contributed by atoms with Crippen LogP contribution in [-0.2, 0) is 16.4 Å². The van der Waals surface area contributed by atoms with Crippen molar-refractivity contribution >= 4 is 15.7 Å². The predicted molar refractivity (Wildman–Crippen MR) is 83.8 cm³/mol. The number of rotatable bonds is 2. The maximum atomic E-state index is 13.5. The Kier molecular flexibility index (Phi) is 3.66. The van der Waals surface area contributed by atoms with Gasteiger partial charge in [-0.25, -0.2) is 12.8 Å². The Labute approximate surface area is 129 Å². The van der Waals surface area contributed by atoms with Gasteiger partial charge in [0.15, 0.2) is 0 Å². The van der Waals surface area contributed by atoms with Crippen LogP contribution in [-0.4, -0.2) is 21.0 Å². The number of benzene rings is 2. The molecule has 2 aromatic rings. The summed E-state index contributed by atoms with van der Waals surface area (Å²) in [6, 6.07) is 10.8. The molecule has 1 unspecified atom stereocenters. The van der Waals surface area contributed by atoms with Gasteiger partial charge < -0.3 is 5.73 Å². The molecule has 0 fully saturated rings. The summed E-state index contributed by atoms with van der Waals surface area (Å²) in [5, 5.41) is 0. The van der Waals surface area contributed by atoms with Crippen molar-refractivity contribution < 1.29 is 12.8 Å². The van der Waals surface area contributed by atoms with E-state index in [-0.39, 0.29) is 17.5 Å². The molecule has 4 nitrogen and oxygen atoms in total. The first-order chi connectivity index (χ1) is 10.4. The first-order valence-electron chi connectivity index (χ1n) is 7.02. The molecular formula is C16H17FN2O2S. The second-order valence-electron chi connectivity index (χ2n) is 5.54. The van der Waals surface area contributed by atoms with Crippen LogP contribution >= 0.6 is 0 Å². The number of nitrogens with zero attached hydrogens (tertiary/aromatic N) is 1. The Morgan fingerprint density at radius 2 is 1.95 bits per heavy atom. The van der Waals surface area contributed by atoms with Crippen molar-refractivity contribution in [2.24, 2.45) is 5.73 Å². The average Bonchev–Trinajstić information content (AvgIpc) is 2.48. The van der Waals surface area contributed by atoms with Crippen molar-refractivity contribution in [1.29, 1.82) is 0 Å². The van der Waals surface area contributed by atoms with E-state index in [4.69, 9.17) is 5.73 Å². The van der Waals surface area contributed by atoms with Crippen LogP contribution in [0, 0.1) is 12.7 Å². The number of aryl methyl sites for hydroxylation is 1. The molecule has 1 heterocycles. The van der Waals surface area contributed by atoms with E-state index in [9.17, 15) is 12.8 Å². The van der Waals surface area contributed by atoms with Gasteiger partial charge >= 0.3 is 0 Å². The highest BCUT2D eigenvalue weighted by atomic mass is 32.2. The Bertz CT molecular complexity index is 821. The van der Waals surface area contributed by atoms with Gasteiger partial charge in [-0.05, 0) is 42.7 Å². The van der Waals surface area contributed by atoms with E-state index >= 15 is 0 Å². The van der Waals surface area contributed by atoms with Crippen molar-refractivity contribution in [1.82, 2.24) is 0 Å². The van der Waals surface area contributed by atoms with Crippen LogP contribution < -0.4 is 10.0 Å². The number of hydrogen-bond acceptors (Lipinski definition) is 3. The highest BCUT2D eigenvalue weighted by Gasteiger charge is 2.32. The zero-order valence-corrected chi connectivity index (χ0v) is 13.0. The Morgan fingerprint density at radius 3 is 2.73 bits per heavy atom. The summed E-state index contributed by atoms with van der Waals surface area (Å²) in [6.45, 7) is 1.84. The van der Waals surface area contributed by atoms with Gasteiger partial charge in [0.2, 0.25) is 0 Å². The Balaban J connectivity index is 2.16. The number of sulfonamides is 1. The minimum absolute atomic E-state index is 0.0172. The van der Waals surface area contributed by atoms with Crippen LogP contribution in [0.3, 0.4) is 0 Å². The molecule has 3 rings (SSSR count). The van der Waals surface area contributed by atoms with E-state index in [1.807, 2.05) is 12.1 Å². The fourth-order valence-electron chi connectivity index (χ4n) is 2.78. The summed E-state index contributed by atoms with van der Waals surface area (Å²) in [4.78, 5) is -0.0172. The smallest absolute Gasteiger partial charge is 0.264 e. The third-order valence-electron chi connectivity index (χ3n) is 3.86. The van der Waals surface area contributed by atoms with Crippen LogP contribution in [0.5, 0.6) is 0 Å². The summed E-state index contributed by atoms with van der Waals surface area (Å²) in [5.74, 6) is -0.571. The number of anilines is 1. The lowest BCUT2D eigenvalue weighted by molar-refractivity contribution is 0.571. The van der Waals surface area contributed by atoms with Crippen molar-refractivity contribution in [3.63, 3.8) is 0 Å². The molecule has 1 aliphatic rings. The fourth-order valence-corrected chi connectivity index (χ4v) is 4.58. The largest absolute Gasteiger partial charge is 0.326 e. The van der Waals surface area contributed by atoms with Gasteiger partial charge in [-0.1, -0.05) is 24.3 Å². The van der Waals surface area contributed by atoms with Crippen LogP contribution in [0.2, 0.25) is 0 Å². The zero-order chi connectivity index (χ0) is 15.9. The summed E-state index contributed by atoms with van der Waals surface area (Å²) < 4.78 is 40.7. The number of nitrogens with two attached hydrogens (primary N) is 1. The molecule has 22 heavy (non-hydrogen) atoms. The van der Waals surface area contributed by atoms with Crippen molar-refractivity contribution in [2.45, 2.75) is 24.3 Å². The van der Waals surface area contributed by atoms with Gasteiger partial charge in [-0.15, -0.1) is 0 Å². The Hall–Kier alpha value is -1.92. The van der Waals surface area contributed by atoms with Crippen LogP contribution in [0.25, 0.3) is 0 Å². The number of para-hydroxylation sites is 1. The average molecular weight is 320 g/mol. The molecule has 0 aliphatic carbocycles. The number of hydrogen-bond donors (Lipinski definition) is 1. The van der Waals surface area contributed by atoms with Crippen molar-refractivity contribution in [3.05, 3.63) is 59.4 Å². The van der Waals surface area contributed by atoms with Crippen molar-refractivity contribution in [3.8, 4) is 0 Å². The molecule has 116 valence electrons. The SMILES string of the molecule is Cc1ccc(F)cc1S(=O)(=O)N1CC(N)Cc2ccccc21. The van der Waals surface area contributed by atoms with Gasteiger partial charge in [0.25, 0.3) is 10.0 Å². The van der Waals surface area contributed by atoms with Gasteiger partial charge in [-0.3, -0.25) is 4.31 Å². The van der Waals surface area contributed by atoms with E-state index in [0.29, 0.717) is 17.7 Å². The molecule has 0 saturated heterocycles. The summed E-state index contributed by atoms with van der Waals surface area (Å²) >= 11 is 0. The maximum Gasteiger partial charge on any atom is 0.264 e. The van der Waals surface area contributed by atoms with Crippen LogP contribution in [0.1, 0.15) is 11.1 Å². The van der Waals surface area contributed by atoms with Crippen LogP contribution in [0.15, 0.2) is 47.4 Å². The van der Waals surface area contributed by atoms with Crippen LogP contribution in [0.4, 0.5) is 10.1 Å². The maximum absolute atomic E-state index is 13.5. The van der Waals surface area contributed by atoms with E-state index in [0.717, 1.165) is 11.6 Å². The first kappa shape index (κ1) is 15.0. The molecule has 0 amide bonds. The van der Waals surface area contributed by atoms with E-state index in [2.05, 4.69) is 0 Å². The molecule has 0 aromatic heterocycles. The highest BCUT2D eigenvalue weighted by Crippen LogP contribution is 2.32. The van der Waals surface area contributed by atoms with E-state index < -0.39 is 15.8 Å². The molecule has 1 atom stereocenters. The molecule has 2 aromatic carbocycles. The summed E-state index contributed by atoms with van der Waals surface area (Å²) in [6.07, 6.45) is 0.629. The quantitative estimate of drug-likeness (QED) is 0.923. The van der Waals surface area contributed by atoms with Gasteiger partial charge in [0, 0.05) is 12.6 Å². The first-order valence-corrected chi connectivity index (χ1v) is 8.46. The lowest BCUT2D eigenvalue weighted by atomic mass is 10.0. The molecule has 0 saturated carbocycles. The molecule has 2 N–H and O–H groups in total. The Morgan fingerprint density at radius 1 is 1.23 bits per heavy atom. The minimum Gasteiger partial charge on any atom is -0.326 e.